The molecule has 0 saturated carbocycles. The molecule has 5 rings (SSSR count). The quantitative estimate of drug-likeness (QED) is 0.521. The van der Waals surface area contributed by atoms with Crippen LogP contribution in [0.2, 0.25) is 0 Å². The molecule has 1 N–H and O–H groups in total. The summed E-state index contributed by atoms with van der Waals surface area (Å²) >= 11 is 1.18. The summed E-state index contributed by atoms with van der Waals surface area (Å²) in [5.41, 5.74) is 1.73. The van der Waals surface area contributed by atoms with Crippen molar-refractivity contribution in [1.29, 1.82) is 0 Å². The van der Waals surface area contributed by atoms with Gasteiger partial charge in [-0.15, -0.1) is 5.10 Å². The Kier molecular flexibility index (Phi) is 6.50. The highest BCUT2D eigenvalue weighted by Gasteiger charge is 2.33. The van der Waals surface area contributed by atoms with Gasteiger partial charge in [0.05, 0.1) is 24.5 Å². The highest BCUT2D eigenvalue weighted by atomic mass is 32.1. The lowest BCUT2D eigenvalue weighted by atomic mass is 10.2. The summed E-state index contributed by atoms with van der Waals surface area (Å²) in [6.45, 7) is 3.37. The number of carbonyl (C=O) groups excluding carboxylic acids is 3. The standard InChI is InChI=1S/C22H22FN7O5S/c1-13(31)24-10-15-11-30(22(33)34-15)14-2-3-19(16(23)8-14)28-4-6-29(7-5-28)21(32)20-9-17(26-35-20)18-12-36-27-25-18/h2-3,8-9,12,15H,4-7,10-11H2,1H3,(H,24,31)/t15-/m0/s1. The van der Waals surface area contributed by atoms with E-state index in [9.17, 15) is 14.4 Å². The average molecular weight is 516 g/mol. The molecule has 12 nitrogen and oxygen atoms in total. The minimum absolute atomic E-state index is 0.108. The highest BCUT2D eigenvalue weighted by molar-refractivity contribution is 7.03. The highest BCUT2D eigenvalue weighted by Crippen LogP contribution is 2.29. The number of nitrogens with zero attached hydrogens (tertiary/aromatic N) is 6. The first kappa shape index (κ1) is 23.7. The molecule has 14 heteroatoms. The van der Waals surface area contributed by atoms with Crippen molar-refractivity contribution in [2.45, 2.75) is 13.0 Å². The second-order valence-electron chi connectivity index (χ2n) is 8.33. The van der Waals surface area contributed by atoms with Gasteiger partial charge in [-0.3, -0.25) is 14.5 Å². The van der Waals surface area contributed by atoms with Crippen LogP contribution < -0.4 is 15.1 Å². The van der Waals surface area contributed by atoms with E-state index in [4.69, 9.17) is 9.26 Å². The largest absolute Gasteiger partial charge is 0.442 e. The van der Waals surface area contributed by atoms with Crippen molar-refractivity contribution in [2.24, 2.45) is 0 Å². The number of piperazine rings is 1. The van der Waals surface area contributed by atoms with Gasteiger partial charge in [0, 0.05) is 44.5 Å². The van der Waals surface area contributed by atoms with E-state index in [-0.39, 0.29) is 30.7 Å². The lowest BCUT2D eigenvalue weighted by Crippen LogP contribution is -2.49. The number of anilines is 2. The molecular weight excluding hydrogens is 493 g/mol. The van der Waals surface area contributed by atoms with E-state index in [1.807, 2.05) is 4.90 Å². The van der Waals surface area contributed by atoms with E-state index in [1.165, 1.54) is 35.5 Å². The van der Waals surface area contributed by atoms with Crippen LogP contribution in [0.4, 0.5) is 20.6 Å². The molecule has 2 aliphatic heterocycles. The molecule has 2 fully saturated rings. The monoisotopic (exact) mass is 515 g/mol. The molecule has 4 heterocycles. The number of hydrogen-bond donors (Lipinski definition) is 1. The van der Waals surface area contributed by atoms with Crippen LogP contribution in [0.25, 0.3) is 11.4 Å². The van der Waals surface area contributed by atoms with E-state index in [0.29, 0.717) is 48.9 Å². The number of aromatic nitrogens is 3. The van der Waals surface area contributed by atoms with E-state index < -0.39 is 18.0 Å². The first-order chi connectivity index (χ1) is 17.4. The molecule has 1 aromatic carbocycles. The maximum atomic E-state index is 15.0. The molecule has 0 radical (unpaired) electrons. The Hall–Kier alpha value is -4.07. The Balaban J connectivity index is 1.19. The zero-order chi connectivity index (χ0) is 25.2. The van der Waals surface area contributed by atoms with Crippen LogP contribution in [0.3, 0.4) is 0 Å². The maximum absolute atomic E-state index is 15.0. The Bertz CT molecular complexity index is 1280. The van der Waals surface area contributed by atoms with Crippen LogP contribution in [0.1, 0.15) is 17.5 Å². The molecule has 2 aromatic heterocycles. The van der Waals surface area contributed by atoms with Gasteiger partial charge in [-0.2, -0.15) is 0 Å². The second kappa shape index (κ2) is 9.89. The van der Waals surface area contributed by atoms with Gasteiger partial charge in [-0.05, 0) is 29.7 Å². The van der Waals surface area contributed by atoms with Crippen molar-refractivity contribution in [3.05, 3.63) is 41.2 Å². The average Bonchev–Trinajstić information content (AvgIpc) is 3.63. The first-order valence-corrected chi connectivity index (χ1v) is 12.0. The van der Waals surface area contributed by atoms with Crippen molar-refractivity contribution in [3.63, 3.8) is 0 Å². The van der Waals surface area contributed by atoms with Gasteiger partial charge in [-0.25, -0.2) is 9.18 Å². The van der Waals surface area contributed by atoms with Gasteiger partial charge in [-0.1, -0.05) is 9.64 Å². The Labute approximate surface area is 208 Å². The molecule has 2 aliphatic rings. The fourth-order valence-corrected chi connectivity index (χ4v) is 4.55. The lowest BCUT2D eigenvalue weighted by Gasteiger charge is -2.35. The summed E-state index contributed by atoms with van der Waals surface area (Å²) in [6.07, 6.45) is -1.10. The maximum Gasteiger partial charge on any atom is 0.414 e. The van der Waals surface area contributed by atoms with Gasteiger partial charge in [0.1, 0.15) is 23.3 Å². The zero-order valence-corrected chi connectivity index (χ0v) is 20.0. The molecule has 1 atom stereocenters. The number of ether oxygens (including phenoxy) is 1. The van der Waals surface area contributed by atoms with Gasteiger partial charge in [0.15, 0.2) is 0 Å². The molecule has 0 spiro atoms. The number of halogens is 1. The minimum Gasteiger partial charge on any atom is -0.442 e. The van der Waals surface area contributed by atoms with Gasteiger partial charge < -0.3 is 24.4 Å². The molecule has 0 unspecified atom stereocenters. The molecule has 3 aromatic rings. The molecule has 36 heavy (non-hydrogen) atoms. The van der Waals surface area contributed by atoms with E-state index in [0.717, 1.165) is 0 Å². The van der Waals surface area contributed by atoms with Crippen LogP contribution in [0, 0.1) is 5.82 Å². The SMILES string of the molecule is CC(=O)NC[C@H]1CN(c2ccc(N3CCN(C(=O)c4cc(-c5csnn5)no4)CC3)c(F)c2)C(=O)O1. The van der Waals surface area contributed by atoms with Crippen LogP contribution in [0.5, 0.6) is 0 Å². The smallest absolute Gasteiger partial charge is 0.414 e. The minimum atomic E-state index is -0.591. The summed E-state index contributed by atoms with van der Waals surface area (Å²) in [7, 11) is 0. The van der Waals surface area contributed by atoms with E-state index >= 15 is 4.39 Å². The molecule has 188 valence electrons. The molecule has 3 amide bonds. The number of benzene rings is 1. The van der Waals surface area contributed by atoms with Gasteiger partial charge >= 0.3 is 6.09 Å². The third-order valence-electron chi connectivity index (χ3n) is 5.95. The number of rotatable bonds is 6. The van der Waals surface area contributed by atoms with E-state index in [1.54, 1.807) is 22.4 Å². The van der Waals surface area contributed by atoms with Crippen molar-refractivity contribution in [1.82, 2.24) is 25.0 Å². The fraction of sp³-hybridized carbons (Fsp3) is 0.364. The third kappa shape index (κ3) is 4.84. The number of hydrogen-bond acceptors (Lipinski definition) is 10. The van der Waals surface area contributed by atoms with Crippen molar-refractivity contribution in [3.8, 4) is 11.4 Å². The number of amides is 3. The predicted molar refractivity (Wildman–Crippen MR) is 126 cm³/mol. The van der Waals surface area contributed by atoms with Gasteiger partial charge in [0.2, 0.25) is 11.7 Å². The normalized spacial score (nSPS) is 17.9. The number of carbonyl (C=O) groups is 3. The first-order valence-electron chi connectivity index (χ1n) is 11.2. The summed E-state index contributed by atoms with van der Waals surface area (Å²) in [5, 5.41) is 12.1. The predicted octanol–water partition coefficient (Wildman–Crippen LogP) is 1.76. The van der Waals surface area contributed by atoms with E-state index in [2.05, 4.69) is 20.1 Å². The molecular formula is C22H22FN7O5S. The van der Waals surface area contributed by atoms with Crippen LogP contribution in [-0.4, -0.2) is 82.9 Å². The molecule has 0 aliphatic carbocycles. The fourth-order valence-electron chi connectivity index (χ4n) is 4.10. The van der Waals surface area contributed by atoms with Crippen molar-refractivity contribution >= 4 is 40.8 Å². The lowest BCUT2D eigenvalue weighted by molar-refractivity contribution is -0.119. The summed E-state index contributed by atoms with van der Waals surface area (Å²) < 4.78 is 29.2. The summed E-state index contributed by atoms with van der Waals surface area (Å²) in [6, 6.07) is 6.09. The summed E-state index contributed by atoms with van der Waals surface area (Å²) in [4.78, 5) is 40.9. The van der Waals surface area contributed by atoms with Crippen LogP contribution in [-0.2, 0) is 9.53 Å². The Morgan fingerprint density at radius 1 is 1.19 bits per heavy atom. The topological polar surface area (TPSA) is 134 Å². The Morgan fingerprint density at radius 2 is 2.00 bits per heavy atom. The van der Waals surface area contributed by atoms with Crippen LogP contribution >= 0.6 is 11.5 Å². The zero-order valence-electron chi connectivity index (χ0n) is 19.2. The van der Waals surface area contributed by atoms with Crippen LogP contribution in [0.15, 0.2) is 34.2 Å². The van der Waals surface area contributed by atoms with Gasteiger partial charge in [0.25, 0.3) is 5.91 Å². The third-order valence-corrected chi connectivity index (χ3v) is 6.45. The number of nitrogens with one attached hydrogen (secondary N) is 1. The summed E-state index contributed by atoms with van der Waals surface area (Å²) in [5.74, 6) is -0.896. The molecule has 2 saturated heterocycles. The molecule has 0 bridgehead atoms. The van der Waals surface area contributed by atoms with Crippen molar-refractivity contribution in [2.75, 3.05) is 49.1 Å². The Morgan fingerprint density at radius 3 is 2.69 bits per heavy atom. The van der Waals surface area contributed by atoms with Crippen molar-refractivity contribution < 1.29 is 28.0 Å². The second-order valence-corrected chi connectivity index (χ2v) is 8.94. The number of cyclic esters (lactones) is 1.